The normalized spacial score (nSPS) is 16.1. The van der Waals surface area contributed by atoms with E-state index in [1.807, 2.05) is 32.9 Å². The van der Waals surface area contributed by atoms with Crippen molar-refractivity contribution < 1.29 is 18.7 Å². The van der Waals surface area contributed by atoms with Gasteiger partial charge in [-0.15, -0.1) is 0 Å². The molecule has 2 heterocycles. The Morgan fingerprint density at radius 3 is 2.71 bits per heavy atom. The van der Waals surface area contributed by atoms with Gasteiger partial charge in [-0.05, 0) is 51.0 Å². The molecule has 34 heavy (non-hydrogen) atoms. The first-order chi connectivity index (χ1) is 16.1. The number of hydrogen-bond acceptors (Lipinski definition) is 6. The Hall–Kier alpha value is -2.84. The highest BCUT2D eigenvalue weighted by molar-refractivity contribution is 6.42. The second-order valence-electron chi connectivity index (χ2n) is 9.09. The Morgan fingerprint density at radius 1 is 1.24 bits per heavy atom. The smallest absolute Gasteiger partial charge is 0.410 e. The van der Waals surface area contributed by atoms with Crippen LogP contribution in [-0.2, 0) is 4.74 Å². The second-order valence-corrected chi connectivity index (χ2v) is 9.88. The Kier molecular flexibility index (Phi) is 6.73. The minimum Gasteiger partial charge on any atom is -0.496 e. The minimum atomic E-state index is -0.668. The summed E-state index contributed by atoms with van der Waals surface area (Å²) >= 11 is 11.9. The number of anilines is 2. The maximum absolute atomic E-state index is 14.6. The summed E-state index contributed by atoms with van der Waals surface area (Å²) in [5.74, 6) is 0.433. The lowest BCUT2D eigenvalue weighted by Gasteiger charge is -2.24. The van der Waals surface area contributed by atoms with E-state index < -0.39 is 11.4 Å². The van der Waals surface area contributed by atoms with Gasteiger partial charge in [0.15, 0.2) is 5.82 Å². The number of carbonyl (C=O) groups is 1. The van der Waals surface area contributed by atoms with E-state index in [0.717, 1.165) is 12.0 Å². The molecule has 4 rings (SSSR count). The third-order valence-corrected chi connectivity index (χ3v) is 6.34. The molecule has 1 unspecified atom stereocenters. The van der Waals surface area contributed by atoms with Crippen molar-refractivity contribution in [1.82, 2.24) is 14.9 Å². The van der Waals surface area contributed by atoms with Crippen LogP contribution in [-0.4, -0.2) is 46.8 Å². The van der Waals surface area contributed by atoms with E-state index in [9.17, 15) is 9.18 Å². The molecule has 1 aliphatic rings. The maximum atomic E-state index is 14.6. The van der Waals surface area contributed by atoms with Crippen molar-refractivity contribution in [1.29, 1.82) is 0 Å². The molecule has 1 N–H and O–H groups in total. The molecule has 0 bridgehead atoms. The van der Waals surface area contributed by atoms with Crippen LogP contribution in [0, 0.1) is 5.82 Å². The van der Waals surface area contributed by atoms with Crippen molar-refractivity contribution in [2.75, 3.05) is 25.5 Å². The molecule has 0 spiro atoms. The van der Waals surface area contributed by atoms with Crippen LogP contribution < -0.4 is 10.1 Å². The number of benzene rings is 2. The summed E-state index contributed by atoms with van der Waals surface area (Å²) in [4.78, 5) is 22.9. The van der Waals surface area contributed by atoms with E-state index in [0.29, 0.717) is 35.6 Å². The van der Waals surface area contributed by atoms with Crippen LogP contribution in [0.25, 0.3) is 10.9 Å². The van der Waals surface area contributed by atoms with Crippen molar-refractivity contribution in [3.63, 3.8) is 0 Å². The monoisotopic (exact) mass is 506 g/mol. The molecule has 1 aliphatic heterocycles. The summed E-state index contributed by atoms with van der Waals surface area (Å²) in [6, 6.07) is 6.75. The van der Waals surface area contributed by atoms with Crippen LogP contribution in [0.1, 0.15) is 38.7 Å². The van der Waals surface area contributed by atoms with Gasteiger partial charge in [-0.3, -0.25) is 0 Å². The number of aromatic nitrogens is 2. The fourth-order valence-electron chi connectivity index (χ4n) is 3.95. The van der Waals surface area contributed by atoms with Crippen molar-refractivity contribution in [3.8, 4) is 5.75 Å². The van der Waals surface area contributed by atoms with Gasteiger partial charge < -0.3 is 19.7 Å². The zero-order valence-corrected chi connectivity index (χ0v) is 20.8. The number of fused-ring (bicyclic) bond motifs is 1. The lowest BCUT2D eigenvalue weighted by atomic mass is 9.95. The Balaban J connectivity index is 1.68. The highest BCUT2D eigenvalue weighted by Gasteiger charge is 2.32. The molecule has 1 saturated heterocycles. The van der Waals surface area contributed by atoms with Crippen molar-refractivity contribution in [2.24, 2.45) is 0 Å². The van der Waals surface area contributed by atoms with E-state index >= 15 is 0 Å². The standard InChI is InChI=1S/C24H25Cl2FN4O3/c1-24(2,3)34-23(32)31-8-7-13(11-31)14-9-15-18(10-19(14)33-4)28-12-29-22(15)30-17-6-5-16(25)20(26)21(17)27/h5-6,9-10,12-13H,7-8,11H2,1-4H3,(H,28,29,30). The molecular weight excluding hydrogens is 482 g/mol. The number of methoxy groups -OCH3 is 1. The number of nitrogens with one attached hydrogen (secondary N) is 1. The first-order valence-electron chi connectivity index (χ1n) is 10.8. The van der Waals surface area contributed by atoms with E-state index in [4.69, 9.17) is 32.7 Å². The molecule has 180 valence electrons. The summed E-state index contributed by atoms with van der Waals surface area (Å²) in [5, 5.41) is 3.64. The number of ether oxygens (including phenoxy) is 2. The van der Waals surface area contributed by atoms with Gasteiger partial charge in [0.1, 0.15) is 23.5 Å². The average Bonchev–Trinajstić information content (AvgIpc) is 3.28. The van der Waals surface area contributed by atoms with Gasteiger partial charge in [-0.25, -0.2) is 19.2 Å². The molecule has 0 radical (unpaired) electrons. The Labute approximate surface area is 207 Å². The number of halogens is 3. The average molecular weight is 507 g/mol. The van der Waals surface area contributed by atoms with Crippen LogP contribution in [0.3, 0.4) is 0 Å². The summed E-state index contributed by atoms with van der Waals surface area (Å²) in [6.07, 6.45) is 1.80. The van der Waals surface area contributed by atoms with Crippen molar-refractivity contribution in [3.05, 3.63) is 52.0 Å². The van der Waals surface area contributed by atoms with Crippen LogP contribution in [0.5, 0.6) is 5.75 Å². The molecule has 2 aromatic carbocycles. The maximum Gasteiger partial charge on any atom is 0.410 e. The molecule has 1 fully saturated rings. The highest BCUT2D eigenvalue weighted by atomic mass is 35.5. The molecular formula is C24H25Cl2FN4O3. The predicted octanol–water partition coefficient (Wildman–Crippen LogP) is 6.55. The molecule has 3 aromatic rings. The third-order valence-electron chi connectivity index (χ3n) is 5.55. The summed E-state index contributed by atoms with van der Waals surface area (Å²) in [5.41, 5.74) is 1.12. The van der Waals surface area contributed by atoms with Crippen LogP contribution in [0.15, 0.2) is 30.6 Å². The molecule has 0 saturated carbocycles. The molecule has 7 nitrogen and oxygen atoms in total. The van der Waals surface area contributed by atoms with Gasteiger partial charge in [-0.1, -0.05) is 23.2 Å². The van der Waals surface area contributed by atoms with Gasteiger partial charge in [-0.2, -0.15) is 0 Å². The summed E-state index contributed by atoms with van der Waals surface area (Å²) in [6.45, 7) is 6.60. The molecule has 1 amide bonds. The largest absolute Gasteiger partial charge is 0.496 e. The van der Waals surface area contributed by atoms with Crippen LogP contribution in [0.4, 0.5) is 20.7 Å². The van der Waals surface area contributed by atoms with Crippen LogP contribution in [0.2, 0.25) is 10.0 Å². The second kappa shape index (κ2) is 9.43. The first kappa shape index (κ1) is 24.3. The van der Waals surface area contributed by atoms with E-state index in [1.165, 1.54) is 18.5 Å². The van der Waals surface area contributed by atoms with E-state index in [-0.39, 0.29) is 27.7 Å². The third kappa shape index (κ3) is 4.98. The number of nitrogens with zero attached hydrogens (tertiary/aromatic N) is 3. The number of rotatable bonds is 4. The quantitative estimate of drug-likeness (QED) is 0.404. The number of amides is 1. The van der Waals surface area contributed by atoms with Gasteiger partial charge >= 0.3 is 6.09 Å². The lowest BCUT2D eigenvalue weighted by molar-refractivity contribution is 0.0292. The minimum absolute atomic E-state index is 0.0293. The number of hydrogen-bond donors (Lipinski definition) is 1. The topological polar surface area (TPSA) is 76.6 Å². The van der Waals surface area contributed by atoms with Crippen molar-refractivity contribution >= 4 is 51.7 Å². The lowest BCUT2D eigenvalue weighted by Crippen LogP contribution is -2.35. The van der Waals surface area contributed by atoms with Gasteiger partial charge in [0, 0.05) is 30.5 Å². The van der Waals surface area contributed by atoms with Gasteiger partial charge in [0.2, 0.25) is 0 Å². The molecule has 1 atom stereocenters. The van der Waals surface area contributed by atoms with Gasteiger partial charge in [0.25, 0.3) is 0 Å². The molecule has 10 heteroatoms. The Morgan fingerprint density at radius 2 is 2.00 bits per heavy atom. The number of carbonyl (C=O) groups excluding carboxylic acids is 1. The summed E-state index contributed by atoms with van der Waals surface area (Å²) in [7, 11) is 1.59. The summed E-state index contributed by atoms with van der Waals surface area (Å²) < 4.78 is 25.8. The first-order valence-corrected chi connectivity index (χ1v) is 11.5. The molecule has 1 aromatic heterocycles. The molecule has 0 aliphatic carbocycles. The Bertz CT molecular complexity index is 1250. The predicted molar refractivity (Wildman–Crippen MR) is 131 cm³/mol. The fourth-order valence-corrected chi connectivity index (χ4v) is 4.26. The van der Waals surface area contributed by atoms with Crippen molar-refractivity contribution in [2.45, 2.75) is 38.7 Å². The SMILES string of the molecule is COc1cc2ncnc(Nc3ccc(Cl)c(Cl)c3F)c2cc1C1CCN(C(=O)OC(C)(C)C)C1. The highest BCUT2D eigenvalue weighted by Crippen LogP contribution is 2.39. The van der Waals surface area contributed by atoms with Crippen LogP contribution >= 0.6 is 23.2 Å². The fraction of sp³-hybridized carbons (Fsp3) is 0.375. The number of likely N-dealkylation sites (tertiary alicyclic amines) is 1. The zero-order valence-electron chi connectivity index (χ0n) is 19.3. The van der Waals surface area contributed by atoms with E-state index in [2.05, 4.69) is 15.3 Å². The zero-order chi connectivity index (χ0) is 24.6. The van der Waals surface area contributed by atoms with E-state index in [1.54, 1.807) is 12.0 Å². The van der Waals surface area contributed by atoms with Gasteiger partial charge in [0.05, 0.1) is 28.4 Å².